The molecule has 0 bridgehead atoms. The molecule has 0 aliphatic carbocycles. The Morgan fingerprint density at radius 1 is 1.50 bits per heavy atom. The Balaban J connectivity index is 2.32. The van der Waals surface area contributed by atoms with Gasteiger partial charge in [0.2, 0.25) is 0 Å². The number of hydrogen-bond donors (Lipinski definition) is 0. The SMILES string of the molecule is [B]I([B])I. The molecule has 0 aromatic heterocycles. The maximum absolute atomic E-state index is 5.03. The zero-order chi connectivity index (χ0) is 3.58. The van der Waals surface area contributed by atoms with Gasteiger partial charge in [-0.3, -0.25) is 0 Å². The van der Waals surface area contributed by atoms with E-state index in [1.54, 1.807) is 0 Å². The van der Waals surface area contributed by atoms with Crippen LogP contribution in [-0.2, 0) is 0 Å². The van der Waals surface area contributed by atoms with Crippen molar-refractivity contribution in [3.05, 3.63) is 0 Å². The fraction of sp³-hybridized carbons (Fsp3) is 0. The number of rotatable bonds is 0. The molecule has 0 rings (SSSR count). The molecule has 0 heterocycles. The van der Waals surface area contributed by atoms with Crippen molar-refractivity contribution < 1.29 is 0 Å². The zero-order valence-electron chi connectivity index (χ0n) is 1.91. The van der Waals surface area contributed by atoms with Crippen LogP contribution in [0, 0.1) is 0 Å². The van der Waals surface area contributed by atoms with Crippen molar-refractivity contribution in [2.45, 2.75) is 0 Å². The normalized spacial score (nSPS) is 10.8. The summed E-state index contributed by atoms with van der Waals surface area (Å²) in [6.45, 7) is 0. The van der Waals surface area contributed by atoms with E-state index in [0.717, 1.165) is 0 Å². The summed E-state index contributed by atoms with van der Waals surface area (Å²) in [6.07, 6.45) is 0. The average Bonchev–Trinajstić information content (AvgIpc) is 0.811. The summed E-state index contributed by atoms with van der Waals surface area (Å²) >= 11 is 0.762. The molecule has 0 saturated carbocycles. The summed E-state index contributed by atoms with van der Waals surface area (Å²) < 4.78 is 0. The van der Waals surface area contributed by atoms with Crippen molar-refractivity contribution in [1.82, 2.24) is 0 Å². The van der Waals surface area contributed by atoms with Crippen molar-refractivity contribution in [1.29, 1.82) is 0 Å². The van der Waals surface area contributed by atoms with E-state index in [9.17, 15) is 0 Å². The molecule has 0 aliphatic heterocycles. The first-order valence-corrected chi connectivity index (χ1v) is 9.36. The van der Waals surface area contributed by atoms with Gasteiger partial charge >= 0.3 is 45.4 Å². The van der Waals surface area contributed by atoms with Crippen LogP contribution in [0.5, 0.6) is 0 Å². The summed E-state index contributed by atoms with van der Waals surface area (Å²) in [5.74, 6) is 0. The molecule has 4 radical (unpaired) electrons. The monoisotopic (exact) mass is 276 g/mol. The van der Waals surface area contributed by atoms with Gasteiger partial charge in [0.15, 0.2) is 0 Å². The fourth-order valence-electron chi connectivity index (χ4n) is 0. The maximum atomic E-state index is 5.03. The molecule has 0 aromatic rings. The van der Waals surface area contributed by atoms with E-state index in [4.69, 9.17) is 11.4 Å². The molecule has 0 atom stereocenters. The van der Waals surface area contributed by atoms with Crippen molar-refractivity contribution >= 4 is 45.4 Å². The van der Waals surface area contributed by atoms with Crippen LogP contribution in [0.1, 0.15) is 0 Å². The molecule has 20 valence electrons. The van der Waals surface area contributed by atoms with Crippen molar-refractivity contribution in [3.8, 4) is 0 Å². The van der Waals surface area contributed by atoms with Crippen LogP contribution in [-0.4, -0.2) is 11.4 Å². The zero-order valence-corrected chi connectivity index (χ0v) is 6.23. The second kappa shape index (κ2) is 2.81. The van der Waals surface area contributed by atoms with Gasteiger partial charge in [-0.15, -0.1) is 0 Å². The Hall–Kier alpha value is 1.59. The van der Waals surface area contributed by atoms with Crippen LogP contribution < -0.4 is 0 Å². The molecule has 4 heteroatoms. The standard InChI is InChI=1S/B2I2/c1-4(2)3. The Morgan fingerprint density at radius 3 is 1.50 bits per heavy atom. The van der Waals surface area contributed by atoms with E-state index in [-0.39, 0.29) is 0 Å². The van der Waals surface area contributed by atoms with E-state index >= 15 is 0 Å². The molecule has 0 N–H and O–H groups in total. The second-order valence-corrected chi connectivity index (χ2v) is 8.27. The van der Waals surface area contributed by atoms with Gasteiger partial charge in [0.25, 0.3) is 0 Å². The van der Waals surface area contributed by atoms with Gasteiger partial charge in [-0.1, -0.05) is 0 Å². The first-order valence-electron chi connectivity index (χ1n) is 0.579. The summed E-state index contributed by atoms with van der Waals surface area (Å²) in [6, 6.07) is 0. The van der Waals surface area contributed by atoms with Crippen molar-refractivity contribution in [2.75, 3.05) is 0 Å². The summed E-state index contributed by atoms with van der Waals surface area (Å²) in [5.41, 5.74) is 10.1. The van der Waals surface area contributed by atoms with Gasteiger partial charge in [0.05, 0.1) is 0 Å². The van der Waals surface area contributed by atoms with Gasteiger partial charge in [0.1, 0.15) is 0 Å². The average molecular weight is 275 g/mol. The summed E-state index contributed by atoms with van der Waals surface area (Å²) in [5, 5.41) is 0. The van der Waals surface area contributed by atoms with Gasteiger partial charge < -0.3 is 0 Å². The topological polar surface area (TPSA) is 0 Å². The quantitative estimate of drug-likeness (QED) is 0.457. The van der Waals surface area contributed by atoms with Crippen LogP contribution in [0.3, 0.4) is 0 Å². The Morgan fingerprint density at radius 2 is 1.50 bits per heavy atom. The third-order valence-electron chi connectivity index (χ3n) is 0. The molecule has 0 saturated heterocycles. The van der Waals surface area contributed by atoms with Gasteiger partial charge in [0, 0.05) is 0 Å². The number of hydrogen-bond acceptors (Lipinski definition) is 0. The van der Waals surface area contributed by atoms with Crippen LogP contribution in [0.4, 0.5) is 0 Å². The predicted octanol–water partition coefficient (Wildman–Crippen LogP) is 1.01. The third kappa shape index (κ3) is 9.53. The van der Waals surface area contributed by atoms with Crippen LogP contribution in [0.15, 0.2) is 0 Å². The Bertz CT molecular complexity index is 8.75. The Labute approximate surface area is 45.0 Å². The first-order chi connectivity index (χ1) is 1.73. The molecule has 4 heavy (non-hydrogen) atoms. The Kier molecular flexibility index (Phi) is 3.92. The molecule has 0 spiro atoms. The van der Waals surface area contributed by atoms with E-state index in [1.807, 2.05) is 0 Å². The fourth-order valence-corrected chi connectivity index (χ4v) is 0. The van der Waals surface area contributed by atoms with Crippen molar-refractivity contribution in [3.63, 3.8) is 0 Å². The molecule has 0 aliphatic rings. The first kappa shape index (κ1) is 5.59. The summed E-state index contributed by atoms with van der Waals surface area (Å²) in [7, 11) is 0. The minimum absolute atomic E-state index is 1.29. The minimum atomic E-state index is -1.29. The molecular weight excluding hydrogens is 275 g/mol. The molecule has 0 aromatic carbocycles. The molecule has 0 unspecified atom stereocenters. The molecular formula is B2I2. The van der Waals surface area contributed by atoms with Gasteiger partial charge in [-0.25, -0.2) is 0 Å². The van der Waals surface area contributed by atoms with E-state index in [1.165, 1.54) is 0 Å². The third-order valence-corrected chi connectivity index (χ3v) is 0. The van der Waals surface area contributed by atoms with Crippen LogP contribution in [0.25, 0.3) is 0 Å². The van der Waals surface area contributed by atoms with Crippen LogP contribution in [0.2, 0.25) is 0 Å². The molecule has 0 fully saturated rings. The molecule has 0 nitrogen and oxygen atoms in total. The predicted molar refractivity (Wildman–Crippen MR) is 39.5 cm³/mol. The van der Waals surface area contributed by atoms with E-state index in [0.29, 0.717) is 0 Å². The van der Waals surface area contributed by atoms with Crippen molar-refractivity contribution in [2.24, 2.45) is 0 Å². The molecule has 0 amide bonds. The van der Waals surface area contributed by atoms with E-state index < -0.39 is 15.4 Å². The van der Waals surface area contributed by atoms with Gasteiger partial charge in [-0.05, 0) is 0 Å². The van der Waals surface area contributed by atoms with Crippen LogP contribution >= 0.6 is 34.0 Å². The summed E-state index contributed by atoms with van der Waals surface area (Å²) in [4.78, 5) is 0. The van der Waals surface area contributed by atoms with E-state index in [2.05, 4.69) is 18.6 Å². The van der Waals surface area contributed by atoms with Gasteiger partial charge in [-0.2, -0.15) is 0 Å². The number of halogens is 2. The second-order valence-electron chi connectivity index (χ2n) is 0.291.